The Morgan fingerprint density at radius 1 is 1.07 bits per heavy atom. The Balaban J connectivity index is 1.48. The molecule has 10 heteroatoms. The molecule has 1 aliphatic heterocycles. The van der Waals surface area contributed by atoms with Crippen LogP contribution in [0.15, 0.2) is 93.9 Å². The Hall–Kier alpha value is -4.47. The minimum absolute atomic E-state index is 0.147. The summed E-state index contributed by atoms with van der Waals surface area (Å²) in [6.45, 7) is 6.97. The molecule has 3 aromatic carbocycles. The van der Waals surface area contributed by atoms with Crippen molar-refractivity contribution in [2.75, 3.05) is 13.1 Å². The molecular weight excluding hydrogens is 586 g/mol. The zero-order valence-corrected chi connectivity index (χ0v) is 25.5. The van der Waals surface area contributed by atoms with Gasteiger partial charge in [0, 0.05) is 18.1 Å². The largest absolute Gasteiger partial charge is 0.489 e. The summed E-state index contributed by atoms with van der Waals surface area (Å²) in [4.78, 5) is 45.8. The monoisotopic (exact) mass is 615 g/mol. The van der Waals surface area contributed by atoms with Gasteiger partial charge in [-0.25, -0.2) is 9.79 Å². The smallest absolute Gasteiger partial charge is 0.335 e. The number of hydrogen-bond acceptors (Lipinski definition) is 6. The number of ether oxygens (including phenoxy) is 1. The van der Waals surface area contributed by atoms with Gasteiger partial charge >= 0.3 is 5.97 Å². The predicted octanol–water partition coefficient (Wildman–Crippen LogP) is 5.03. The zero-order chi connectivity index (χ0) is 30.7. The summed E-state index contributed by atoms with van der Waals surface area (Å²) < 4.78 is 7.93. The van der Waals surface area contributed by atoms with E-state index >= 15 is 0 Å². The van der Waals surface area contributed by atoms with Crippen molar-refractivity contribution in [2.24, 2.45) is 4.99 Å². The third-order valence-corrected chi connectivity index (χ3v) is 8.48. The Morgan fingerprint density at radius 3 is 2.42 bits per heavy atom. The molecule has 8 nitrogen and oxygen atoms in total. The molecule has 2 heterocycles. The summed E-state index contributed by atoms with van der Waals surface area (Å²) in [5.74, 6) is -0.527. The van der Waals surface area contributed by atoms with E-state index in [1.165, 1.54) is 17.4 Å². The standard InChI is InChI=1S/C33H30ClN3O5S/c1-4-36(5-2)31(39)28-20(3)35-33-37(29(28)23-11-13-25(34)14-12-23)30(38)27(43-33)18-21-9-15-26(16-10-21)42-19-22-7-6-8-24(17-22)32(40)41/h6-18,29H,4-5,19H2,1-3H3,(H,40,41)/b27-18+/t29-/m1/s1. The van der Waals surface area contributed by atoms with E-state index in [1.807, 2.05) is 45.0 Å². The van der Waals surface area contributed by atoms with Gasteiger partial charge in [0.05, 0.1) is 27.4 Å². The molecule has 1 atom stereocenters. The van der Waals surface area contributed by atoms with Crippen molar-refractivity contribution in [1.29, 1.82) is 0 Å². The number of rotatable bonds is 9. The van der Waals surface area contributed by atoms with Crippen molar-refractivity contribution in [2.45, 2.75) is 33.4 Å². The number of aromatic carboxylic acids is 1. The average molecular weight is 616 g/mol. The minimum atomic E-state index is -0.988. The summed E-state index contributed by atoms with van der Waals surface area (Å²) in [5.41, 5.74) is 3.34. The van der Waals surface area contributed by atoms with Gasteiger partial charge in [-0.15, -0.1) is 0 Å². The van der Waals surface area contributed by atoms with Crippen LogP contribution in [0, 0.1) is 0 Å². The van der Waals surface area contributed by atoms with Crippen LogP contribution in [-0.4, -0.2) is 39.5 Å². The van der Waals surface area contributed by atoms with E-state index in [9.17, 15) is 19.5 Å². The molecule has 4 aromatic rings. The number of carboxylic acids is 1. The normalized spacial score (nSPS) is 14.7. The molecule has 1 aliphatic rings. The van der Waals surface area contributed by atoms with Gasteiger partial charge in [0.25, 0.3) is 11.5 Å². The first-order valence-electron chi connectivity index (χ1n) is 13.8. The summed E-state index contributed by atoms with van der Waals surface area (Å²) in [6.07, 6.45) is 1.80. The van der Waals surface area contributed by atoms with Gasteiger partial charge in [0.15, 0.2) is 4.80 Å². The number of benzene rings is 3. The molecule has 1 aromatic heterocycles. The van der Waals surface area contributed by atoms with E-state index in [2.05, 4.69) is 0 Å². The minimum Gasteiger partial charge on any atom is -0.489 e. The van der Waals surface area contributed by atoms with Crippen molar-refractivity contribution in [3.63, 3.8) is 0 Å². The average Bonchev–Trinajstić information content (AvgIpc) is 3.31. The lowest BCUT2D eigenvalue weighted by Gasteiger charge is -2.29. The summed E-state index contributed by atoms with van der Waals surface area (Å²) in [6, 6.07) is 20.5. The second-order valence-electron chi connectivity index (χ2n) is 9.97. The molecule has 1 N–H and O–H groups in total. The number of likely N-dealkylation sites (N-methyl/N-ethyl adjacent to an activating group) is 1. The first kappa shape index (κ1) is 30.0. The van der Waals surface area contributed by atoms with Crippen molar-refractivity contribution in [3.05, 3.63) is 131 Å². The highest BCUT2D eigenvalue weighted by Crippen LogP contribution is 2.31. The molecule has 220 valence electrons. The van der Waals surface area contributed by atoms with E-state index in [0.29, 0.717) is 44.5 Å². The lowest BCUT2D eigenvalue weighted by atomic mass is 9.94. The van der Waals surface area contributed by atoms with Crippen molar-refractivity contribution in [3.8, 4) is 5.75 Å². The van der Waals surface area contributed by atoms with Crippen LogP contribution in [0.25, 0.3) is 6.08 Å². The van der Waals surface area contributed by atoms with Crippen LogP contribution in [-0.2, 0) is 11.4 Å². The number of carboxylic acid groups (broad SMARTS) is 1. The third kappa shape index (κ3) is 6.33. The quantitative estimate of drug-likeness (QED) is 0.285. The summed E-state index contributed by atoms with van der Waals surface area (Å²) in [7, 11) is 0. The number of nitrogens with zero attached hydrogens (tertiary/aromatic N) is 3. The molecule has 43 heavy (non-hydrogen) atoms. The molecule has 0 aliphatic carbocycles. The van der Waals surface area contributed by atoms with E-state index in [0.717, 1.165) is 16.7 Å². The van der Waals surface area contributed by atoms with Gasteiger partial charge in [-0.3, -0.25) is 14.2 Å². The van der Waals surface area contributed by atoms with E-state index < -0.39 is 12.0 Å². The first-order chi connectivity index (χ1) is 20.7. The molecule has 0 saturated carbocycles. The fraction of sp³-hybridized carbons (Fsp3) is 0.212. The van der Waals surface area contributed by atoms with Crippen LogP contribution in [0.3, 0.4) is 0 Å². The number of allylic oxidation sites excluding steroid dienone is 1. The number of hydrogen-bond donors (Lipinski definition) is 1. The Morgan fingerprint density at radius 2 is 1.77 bits per heavy atom. The molecule has 0 spiro atoms. The van der Waals surface area contributed by atoms with Crippen LogP contribution in [0.4, 0.5) is 0 Å². The zero-order valence-electron chi connectivity index (χ0n) is 23.9. The number of amides is 1. The lowest BCUT2D eigenvalue weighted by molar-refractivity contribution is -0.127. The highest BCUT2D eigenvalue weighted by molar-refractivity contribution is 7.07. The van der Waals surface area contributed by atoms with E-state index in [1.54, 1.807) is 58.0 Å². The van der Waals surface area contributed by atoms with Crippen LogP contribution < -0.4 is 19.6 Å². The number of carbonyl (C=O) groups is 2. The molecule has 0 fully saturated rings. The maximum absolute atomic E-state index is 13.9. The van der Waals surface area contributed by atoms with Crippen molar-refractivity contribution < 1.29 is 19.4 Å². The van der Waals surface area contributed by atoms with Gasteiger partial charge in [-0.2, -0.15) is 0 Å². The molecule has 1 amide bonds. The van der Waals surface area contributed by atoms with E-state index in [-0.39, 0.29) is 23.6 Å². The number of carbonyl (C=O) groups excluding carboxylic acids is 1. The first-order valence-corrected chi connectivity index (χ1v) is 15.0. The lowest BCUT2D eigenvalue weighted by Crippen LogP contribution is -2.43. The van der Waals surface area contributed by atoms with Gasteiger partial charge in [0.1, 0.15) is 12.4 Å². The van der Waals surface area contributed by atoms with Crippen LogP contribution in [0.1, 0.15) is 53.9 Å². The van der Waals surface area contributed by atoms with Gasteiger partial charge in [-0.1, -0.05) is 59.3 Å². The maximum Gasteiger partial charge on any atom is 0.335 e. The van der Waals surface area contributed by atoms with Crippen molar-refractivity contribution in [1.82, 2.24) is 9.47 Å². The van der Waals surface area contributed by atoms with E-state index in [4.69, 9.17) is 21.3 Å². The second-order valence-corrected chi connectivity index (χ2v) is 11.4. The van der Waals surface area contributed by atoms with Crippen LogP contribution >= 0.6 is 22.9 Å². The molecule has 0 bridgehead atoms. The molecular formula is C33H30ClN3O5S. The number of fused-ring (bicyclic) bond motifs is 1. The van der Waals surface area contributed by atoms with Gasteiger partial charge < -0.3 is 14.7 Å². The number of halogens is 1. The predicted molar refractivity (Wildman–Crippen MR) is 167 cm³/mol. The second kappa shape index (κ2) is 12.8. The summed E-state index contributed by atoms with van der Waals surface area (Å²) in [5, 5.41) is 9.76. The number of thiazole rings is 1. The highest BCUT2D eigenvalue weighted by Gasteiger charge is 2.34. The third-order valence-electron chi connectivity index (χ3n) is 7.25. The fourth-order valence-corrected chi connectivity index (χ4v) is 6.18. The molecule has 0 unspecified atom stereocenters. The Labute approximate surface area is 257 Å². The fourth-order valence-electron chi connectivity index (χ4n) is 5.01. The summed E-state index contributed by atoms with van der Waals surface area (Å²) >= 11 is 7.45. The Bertz CT molecular complexity index is 1890. The SMILES string of the molecule is CCN(CC)C(=O)C1=C(C)N=c2s/c(=C/c3ccc(OCc4cccc(C(=O)O)c4)cc3)c(=O)n2[C@@H]1c1ccc(Cl)cc1. The van der Waals surface area contributed by atoms with Crippen molar-refractivity contribution >= 4 is 40.9 Å². The maximum atomic E-state index is 13.9. The van der Waals surface area contributed by atoms with Gasteiger partial charge in [-0.05, 0) is 79.9 Å². The van der Waals surface area contributed by atoms with Crippen LogP contribution in [0.2, 0.25) is 5.02 Å². The molecule has 0 radical (unpaired) electrons. The number of aromatic nitrogens is 1. The van der Waals surface area contributed by atoms with Crippen LogP contribution in [0.5, 0.6) is 5.75 Å². The highest BCUT2D eigenvalue weighted by atomic mass is 35.5. The van der Waals surface area contributed by atoms with Gasteiger partial charge in [0.2, 0.25) is 0 Å². The molecule has 5 rings (SSSR count). The topological polar surface area (TPSA) is 101 Å². The Kier molecular flexibility index (Phi) is 8.94. The molecule has 0 saturated heterocycles.